The number of benzene rings is 1. The van der Waals surface area contributed by atoms with E-state index >= 15 is 0 Å². The van der Waals surface area contributed by atoms with Crippen molar-refractivity contribution >= 4 is 15.7 Å². The summed E-state index contributed by atoms with van der Waals surface area (Å²) in [7, 11) is -4.00. The maximum Gasteiger partial charge on any atom is 0.289 e. The third-order valence-corrected chi connectivity index (χ3v) is 4.90. The molecule has 0 aliphatic carbocycles. The van der Waals surface area contributed by atoms with E-state index in [2.05, 4.69) is 0 Å². The molecule has 0 atom stereocenters. The fourth-order valence-electron chi connectivity index (χ4n) is 1.96. The lowest BCUT2D eigenvalue weighted by Gasteiger charge is -2.21. The maximum atomic E-state index is 12.6. The normalized spacial score (nSPS) is 11.8. The Kier molecular flexibility index (Phi) is 5.61. The Morgan fingerprint density at radius 3 is 2.50 bits per heavy atom. The smallest absolute Gasteiger partial charge is 0.289 e. The van der Waals surface area contributed by atoms with E-state index in [9.17, 15) is 18.5 Å². The average Bonchev–Trinajstić information content (AvgIpc) is 2.37. The number of aliphatic hydroxyl groups excluding tert-OH is 1. The summed E-state index contributed by atoms with van der Waals surface area (Å²) in [4.78, 5) is 10.0. The molecule has 0 aliphatic heterocycles. The molecule has 0 unspecified atom stereocenters. The standard InChI is InChI=1S/C12H18N2O5S/c1-3-7-13(8-9-15)20(18,19)12-10(2)5-4-6-11(12)14(16)17/h4-6,15H,3,7-9H2,1-2H3. The lowest BCUT2D eigenvalue weighted by atomic mass is 10.2. The number of nitro benzene ring substituents is 1. The first-order valence-electron chi connectivity index (χ1n) is 6.21. The van der Waals surface area contributed by atoms with Crippen LogP contribution < -0.4 is 0 Å². The summed E-state index contributed by atoms with van der Waals surface area (Å²) in [5, 5.41) is 20.0. The number of aliphatic hydroxyl groups is 1. The minimum atomic E-state index is -4.00. The van der Waals surface area contributed by atoms with Crippen LogP contribution in [0.15, 0.2) is 23.1 Å². The third-order valence-electron chi connectivity index (χ3n) is 2.81. The molecule has 0 spiro atoms. The van der Waals surface area contributed by atoms with E-state index in [-0.39, 0.29) is 24.6 Å². The Bertz CT molecular complexity index is 580. The number of nitrogens with zero attached hydrogens (tertiary/aromatic N) is 2. The van der Waals surface area contributed by atoms with Gasteiger partial charge in [-0.25, -0.2) is 8.42 Å². The van der Waals surface area contributed by atoms with E-state index in [4.69, 9.17) is 5.11 Å². The lowest BCUT2D eigenvalue weighted by Crippen LogP contribution is -2.35. The monoisotopic (exact) mass is 302 g/mol. The molecule has 0 aliphatic rings. The average molecular weight is 302 g/mol. The zero-order valence-corrected chi connectivity index (χ0v) is 12.3. The highest BCUT2D eigenvalue weighted by Crippen LogP contribution is 2.29. The van der Waals surface area contributed by atoms with Crippen LogP contribution in [0, 0.1) is 17.0 Å². The molecule has 112 valence electrons. The van der Waals surface area contributed by atoms with E-state index in [0.717, 1.165) is 4.31 Å². The number of hydrogen-bond acceptors (Lipinski definition) is 5. The minimum Gasteiger partial charge on any atom is -0.395 e. The molecule has 8 heteroatoms. The van der Waals surface area contributed by atoms with Gasteiger partial charge in [0.2, 0.25) is 10.0 Å². The maximum absolute atomic E-state index is 12.6. The number of rotatable bonds is 7. The zero-order valence-electron chi connectivity index (χ0n) is 11.4. The fraction of sp³-hybridized carbons (Fsp3) is 0.500. The SMILES string of the molecule is CCCN(CCO)S(=O)(=O)c1c(C)cccc1[N+](=O)[O-]. The third kappa shape index (κ3) is 3.33. The van der Waals surface area contributed by atoms with Crippen LogP contribution in [0.1, 0.15) is 18.9 Å². The van der Waals surface area contributed by atoms with Gasteiger partial charge in [-0.1, -0.05) is 19.1 Å². The molecule has 0 saturated heterocycles. The van der Waals surface area contributed by atoms with Gasteiger partial charge >= 0.3 is 0 Å². The first-order chi connectivity index (χ1) is 9.36. The molecule has 0 amide bonds. The highest BCUT2D eigenvalue weighted by atomic mass is 32.2. The summed E-state index contributed by atoms with van der Waals surface area (Å²) in [5.41, 5.74) is -0.123. The van der Waals surface area contributed by atoms with Crippen molar-refractivity contribution in [2.45, 2.75) is 25.2 Å². The molecule has 0 aromatic heterocycles. The van der Waals surface area contributed by atoms with Gasteiger partial charge in [0.25, 0.3) is 5.69 Å². The molecule has 0 heterocycles. The van der Waals surface area contributed by atoms with Crippen LogP contribution in [0.5, 0.6) is 0 Å². The molecular formula is C12H18N2O5S. The predicted molar refractivity (Wildman–Crippen MR) is 74.0 cm³/mol. The Morgan fingerprint density at radius 2 is 2.00 bits per heavy atom. The summed E-state index contributed by atoms with van der Waals surface area (Å²) in [6.07, 6.45) is 0.554. The van der Waals surface area contributed by atoms with Crippen molar-refractivity contribution in [2.75, 3.05) is 19.7 Å². The van der Waals surface area contributed by atoms with Crippen LogP contribution in [0.2, 0.25) is 0 Å². The summed E-state index contributed by atoms with van der Waals surface area (Å²) in [5.74, 6) is 0. The second-order valence-corrected chi connectivity index (χ2v) is 6.18. The van der Waals surface area contributed by atoms with Gasteiger partial charge in [0.1, 0.15) is 0 Å². The predicted octanol–water partition coefficient (Wildman–Crippen LogP) is 1.30. The summed E-state index contributed by atoms with van der Waals surface area (Å²) < 4.78 is 26.2. The topological polar surface area (TPSA) is 101 Å². The highest BCUT2D eigenvalue weighted by Gasteiger charge is 2.32. The summed E-state index contributed by atoms with van der Waals surface area (Å²) >= 11 is 0. The number of nitro groups is 1. The van der Waals surface area contributed by atoms with Crippen LogP contribution in [-0.2, 0) is 10.0 Å². The molecule has 20 heavy (non-hydrogen) atoms. The van der Waals surface area contributed by atoms with E-state index in [0.29, 0.717) is 12.0 Å². The van der Waals surface area contributed by atoms with E-state index in [1.54, 1.807) is 6.92 Å². The van der Waals surface area contributed by atoms with Gasteiger partial charge < -0.3 is 5.11 Å². The van der Waals surface area contributed by atoms with Crippen LogP contribution in [0.4, 0.5) is 5.69 Å². The van der Waals surface area contributed by atoms with E-state index in [1.807, 2.05) is 0 Å². The van der Waals surface area contributed by atoms with Crippen molar-refractivity contribution in [3.05, 3.63) is 33.9 Å². The quantitative estimate of drug-likeness (QED) is 0.604. The van der Waals surface area contributed by atoms with E-state index < -0.39 is 20.6 Å². The van der Waals surface area contributed by atoms with Gasteiger partial charge in [0, 0.05) is 19.2 Å². The van der Waals surface area contributed by atoms with Crippen LogP contribution in [0.25, 0.3) is 0 Å². The van der Waals surface area contributed by atoms with Gasteiger partial charge in [-0.15, -0.1) is 0 Å². The van der Waals surface area contributed by atoms with Gasteiger partial charge in [-0.2, -0.15) is 4.31 Å². The Balaban J connectivity index is 3.44. The Morgan fingerprint density at radius 1 is 1.35 bits per heavy atom. The second kappa shape index (κ2) is 6.78. The molecule has 0 radical (unpaired) electrons. The molecule has 7 nitrogen and oxygen atoms in total. The molecular weight excluding hydrogens is 284 g/mol. The van der Waals surface area contributed by atoms with Gasteiger partial charge in [0.15, 0.2) is 4.90 Å². The first-order valence-corrected chi connectivity index (χ1v) is 7.65. The van der Waals surface area contributed by atoms with Gasteiger partial charge in [0.05, 0.1) is 11.5 Å². The zero-order chi connectivity index (χ0) is 15.3. The molecule has 0 bridgehead atoms. The van der Waals surface area contributed by atoms with Crippen molar-refractivity contribution in [1.82, 2.24) is 4.31 Å². The molecule has 1 aromatic carbocycles. The highest BCUT2D eigenvalue weighted by molar-refractivity contribution is 7.89. The fourth-order valence-corrected chi connectivity index (χ4v) is 3.84. The van der Waals surface area contributed by atoms with Gasteiger partial charge in [-0.3, -0.25) is 10.1 Å². The van der Waals surface area contributed by atoms with Crippen molar-refractivity contribution < 1.29 is 18.4 Å². The number of hydrogen-bond donors (Lipinski definition) is 1. The van der Waals surface area contributed by atoms with Crippen molar-refractivity contribution in [3.8, 4) is 0 Å². The molecule has 1 rings (SSSR count). The second-order valence-electron chi connectivity index (χ2n) is 4.31. The number of sulfonamides is 1. The van der Waals surface area contributed by atoms with Crippen LogP contribution in [0.3, 0.4) is 0 Å². The van der Waals surface area contributed by atoms with Crippen LogP contribution >= 0.6 is 0 Å². The van der Waals surface area contributed by atoms with Crippen LogP contribution in [-0.4, -0.2) is 42.4 Å². The van der Waals surface area contributed by atoms with E-state index in [1.165, 1.54) is 25.1 Å². The number of aryl methyl sites for hydroxylation is 1. The first kappa shape index (κ1) is 16.5. The minimum absolute atomic E-state index is 0.0817. The van der Waals surface area contributed by atoms with Gasteiger partial charge in [-0.05, 0) is 18.9 Å². The molecule has 1 aromatic rings. The summed E-state index contributed by atoms with van der Waals surface area (Å²) in [6, 6.07) is 4.13. The van der Waals surface area contributed by atoms with Crippen molar-refractivity contribution in [2.24, 2.45) is 0 Å². The van der Waals surface area contributed by atoms with Crippen molar-refractivity contribution in [1.29, 1.82) is 0 Å². The molecule has 1 N–H and O–H groups in total. The molecule has 0 fully saturated rings. The summed E-state index contributed by atoms with van der Waals surface area (Å²) in [6.45, 7) is 3.10. The Labute approximate surface area is 118 Å². The molecule has 0 saturated carbocycles. The lowest BCUT2D eigenvalue weighted by molar-refractivity contribution is -0.387. The largest absolute Gasteiger partial charge is 0.395 e. The van der Waals surface area contributed by atoms with Crippen molar-refractivity contribution in [3.63, 3.8) is 0 Å². The Hall–Kier alpha value is -1.51.